The van der Waals surface area contributed by atoms with Gasteiger partial charge in [-0.15, -0.1) is 0 Å². The zero-order valence-corrected chi connectivity index (χ0v) is 16.3. The van der Waals surface area contributed by atoms with Crippen LogP contribution in [0.15, 0.2) is 12.1 Å². The summed E-state index contributed by atoms with van der Waals surface area (Å²) in [6.45, 7) is 2.24. The Kier molecular flexibility index (Phi) is 3.68. The van der Waals surface area contributed by atoms with Crippen LogP contribution in [0.3, 0.4) is 0 Å². The van der Waals surface area contributed by atoms with E-state index in [1.165, 1.54) is 21.9 Å². The van der Waals surface area contributed by atoms with Crippen LogP contribution >= 0.6 is 0 Å². The van der Waals surface area contributed by atoms with Crippen LogP contribution in [0.4, 0.5) is 0 Å². The van der Waals surface area contributed by atoms with E-state index in [0.717, 1.165) is 32.1 Å². The van der Waals surface area contributed by atoms with Crippen molar-refractivity contribution in [3.63, 3.8) is 0 Å². The van der Waals surface area contributed by atoms with Crippen LogP contribution < -0.4 is 4.35 Å². The topological polar surface area (TPSA) is 37.3 Å². The first kappa shape index (κ1) is 15.8. The van der Waals surface area contributed by atoms with E-state index >= 15 is 0 Å². The number of hydrogen-bond acceptors (Lipinski definition) is 2. The third kappa shape index (κ3) is 2.24. The first-order valence-electron chi connectivity index (χ1n) is 8.98. The number of aromatic hydroxyl groups is 1. The first-order valence-corrected chi connectivity index (χ1v) is 13.7. The van der Waals surface area contributed by atoms with Crippen molar-refractivity contribution in [3.8, 4) is 5.75 Å². The number of aryl methyl sites for hydroxylation is 1. The molecule has 2 fully saturated rings. The molecule has 0 amide bonds. The van der Waals surface area contributed by atoms with Crippen molar-refractivity contribution in [2.75, 3.05) is 0 Å². The number of phenolic OH excluding ortho intramolecular Hbond substituents is 1. The fourth-order valence-electron chi connectivity index (χ4n) is 5.73. The molecule has 1 N–H and O–H groups in total. The van der Waals surface area contributed by atoms with Crippen LogP contribution in [0, 0.1) is 17.3 Å². The van der Waals surface area contributed by atoms with Crippen molar-refractivity contribution in [2.45, 2.75) is 62.8 Å². The SMILES string of the molecule is C[As](C)c1cc2c(cc1O)CC[C@@H]1[C@@H]2CC[C@]2(C)C(=O)CC[C@@H]12. The Bertz CT molecular complexity index is 666. The van der Waals surface area contributed by atoms with Crippen molar-refractivity contribution in [1.82, 2.24) is 0 Å². The molecule has 4 atom stereocenters. The Hall–Kier alpha value is -0.752. The second kappa shape index (κ2) is 5.38. The molecule has 0 bridgehead atoms. The zero-order chi connectivity index (χ0) is 16.4. The van der Waals surface area contributed by atoms with Gasteiger partial charge in [0.15, 0.2) is 0 Å². The average molecular weight is 374 g/mol. The molecule has 2 nitrogen and oxygen atoms in total. The Balaban J connectivity index is 1.74. The molecule has 2 saturated carbocycles. The number of hydrogen-bond donors (Lipinski definition) is 1. The molecule has 3 aliphatic rings. The molecule has 0 unspecified atom stereocenters. The molecule has 0 radical (unpaired) electrons. The van der Waals surface area contributed by atoms with E-state index in [9.17, 15) is 9.90 Å². The minimum atomic E-state index is -1.09. The summed E-state index contributed by atoms with van der Waals surface area (Å²) in [6, 6.07) is 4.41. The second-order valence-corrected chi connectivity index (χ2v) is 13.0. The van der Waals surface area contributed by atoms with Crippen LogP contribution in [-0.4, -0.2) is 25.5 Å². The van der Waals surface area contributed by atoms with Gasteiger partial charge in [-0.1, -0.05) is 0 Å². The zero-order valence-electron chi connectivity index (χ0n) is 14.4. The monoisotopic (exact) mass is 374 g/mol. The number of rotatable bonds is 1. The summed E-state index contributed by atoms with van der Waals surface area (Å²) in [4.78, 5) is 12.4. The van der Waals surface area contributed by atoms with Gasteiger partial charge in [0.25, 0.3) is 0 Å². The van der Waals surface area contributed by atoms with Gasteiger partial charge in [0.2, 0.25) is 0 Å². The Morgan fingerprint density at radius 1 is 1.17 bits per heavy atom. The third-order valence-corrected chi connectivity index (χ3v) is 9.78. The molecule has 1 aromatic rings. The fraction of sp³-hybridized carbons (Fsp3) is 0.650. The number of carbonyl (C=O) groups is 1. The fourth-order valence-corrected chi connectivity index (χ4v) is 7.66. The molecule has 1 aromatic carbocycles. The normalized spacial score (nSPS) is 35.8. The van der Waals surface area contributed by atoms with Gasteiger partial charge in [0, 0.05) is 0 Å². The molecule has 23 heavy (non-hydrogen) atoms. The van der Waals surface area contributed by atoms with Crippen LogP contribution in [0.2, 0.25) is 11.4 Å². The van der Waals surface area contributed by atoms with Crippen molar-refractivity contribution < 1.29 is 9.90 Å². The van der Waals surface area contributed by atoms with E-state index in [-0.39, 0.29) is 5.41 Å². The first-order chi connectivity index (χ1) is 10.9. The van der Waals surface area contributed by atoms with Crippen LogP contribution in [0.1, 0.15) is 56.1 Å². The van der Waals surface area contributed by atoms with Gasteiger partial charge < -0.3 is 0 Å². The van der Waals surface area contributed by atoms with Gasteiger partial charge in [-0.3, -0.25) is 0 Å². The molecule has 4 rings (SSSR count). The number of fused-ring (bicyclic) bond motifs is 5. The van der Waals surface area contributed by atoms with Crippen molar-refractivity contribution >= 4 is 24.8 Å². The molecule has 0 heterocycles. The summed E-state index contributed by atoms with van der Waals surface area (Å²) in [6.07, 6.45) is 6.40. The predicted octanol–water partition coefficient (Wildman–Crippen LogP) is 3.78. The molecule has 0 aromatic heterocycles. The summed E-state index contributed by atoms with van der Waals surface area (Å²) in [7, 11) is 0. The van der Waals surface area contributed by atoms with E-state index in [0.29, 0.717) is 29.3 Å². The van der Waals surface area contributed by atoms with E-state index < -0.39 is 14.7 Å². The standard InChI is InChI=1S/C20H27AsO2/c1-20-9-8-13-14(16(20)6-7-19(20)23)5-4-12-10-18(22)17(21(2)3)11-15(12)13/h10-11,13-14,16,22H,4-9H2,1-3H3/t13-,14+,16-,20-/m0/s1. The number of benzene rings is 1. The number of carbonyl (C=O) groups excluding carboxylic acids is 1. The molecule has 3 aliphatic carbocycles. The summed E-state index contributed by atoms with van der Waals surface area (Å²) in [5, 5.41) is 10.4. The predicted molar refractivity (Wildman–Crippen MR) is 94.8 cm³/mol. The van der Waals surface area contributed by atoms with Crippen LogP contribution in [0.5, 0.6) is 5.75 Å². The molecule has 0 spiro atoms. The Labute approximate surface area is 143 Å². The maximum absolute atomic E-state index is 12.4. The third-order valence-electron chi connectivity index (χ3n) is 7.01. The number of Topliss-reactive ketones (excluding diaryl/α,β-unsaturated/α-hetero) is 1. The van der Waals surface area contributed by atoms with Crippen LogP contribution in [-0.2, 0) is 11.2 Å². The molecule has 0 aliphatic heterocycles. The summed E-state index contributed by atoms with van der Waals surface area (Å²) in [5.41, 5.74) is 7.44. The van der Waals surface area contributed by atoms with Gasteiger partial charge in [-0.05, 0) is 0 Å². The van der Waals surface area contributed by atoms with E-state index in [1.807, 2.05) is 0 Å². The van der Waals surface area contributed by atoms with Crippen LogP contribution in [0.25, 0.3) is 0 Å². The molecule has 124 valence electrons. The van der Waals surface area contributed by atoms with E-state index in [1.54, 1.807) is 0 Å². The summed E-state index contributed by atoms with van der Waals surface area (Å²) >= 11 is -1.09. The maximum atomic E-state index is 12.4. The van der Waals surface area contributed by atoms with Gasteiger partial charge >= 0.3 is 144 Å². The molecule has 0 saturated heterocycles. The summed E-state index contributed by atoms with van der Waals surface area (Å²) in [5.74, 6) is 2.95. The molecule has 3 heteroatoms. The molecular formula is C20H27AsO2. The van der Waals surface area contributed by atoms with Gasteiger partial charge in [-0.25, -0.2) is 0 Å². The van der Waals surface area contributed by atoms with Crippen molar-refractivity contribution in [1.29, 1.82) is 0 Å². The number of ketones is 1. The van der Waals surface area contributed by atoms with Crippen molar-refractivity contribution in [2.24, 2.45) is 17.3 Å². The Morgan fingerprint density at radius 3 is 2.70 bits per heavy atom. The Morgan fingerprint density at radius 2 is 1.96 bits per heavy atom. The van der Waals surface area contributed by atoms with Crippen molar-refractivity contribution in [3.05, 3.63) is 23.3 Å². The molecular weight excluding hydrogens is 347 g/mol. The number of phenols is 1. The van der Waals surface area contributed by atoms with E-state index in [4.69, 9.17) is 0 Å². The summed E-state index contributed by atoms with van der Waals surface area (Å²) < 4.78 is 1.23. The average Bonchev–Trinajstić information content (AvgIpc) is 2.81. The van der Waals surface area contributed by atoms with Gasteiger partial charge in [-0.2, -0.15) is 0 Å². The minimum absolute atomic E-state index is 0.0361. The van der Waals surface area contributed by atoms with Gasteiger partial charge in [0.1, 0.15) is 0 Å². The van der Waals surface area contributed by atoms with E-state index in [2.05, 4.69) is 30.5 Å². The second-order valence-electron chi connectivity index (χ2n) is 8.27. The quantitative estimate of drug-likeness (QED) is 0.760. The van der Waals surface area contributed by atoms with Gasteiger partial charge in [0.05, 0.1) is 0 Å².